The molecule has 2 aromatic carbocycles. The first-order valence-electron chi connectivity index (χ1n) is 10.4. The van der Waals surface area contributed by atoms with E-state index in [0.717, 1.165) is 28.3 Å². The molecule has 3 heterocycles. The second-order valence-corrected chi connectivity index (χ2v) is 7.77. The molecule has 0 saturated heterocycles. The molecule has 34 heavy (non-hydrogen) atoms. The SMILES string of the molecule is Cn1cc(-c2cnc(-c3cccc(Cn4nc(-c5cc(F)cc(F)c5)ccc4=O)c3)nc2)cn1. The summed E-state index contributed by atoms with van der Waals surface area (Å²) in [5.74, 6) is -0.882. The van der Waals surface area contributed by atoms with Crippen molar-refractivity contribution in [3.8, 4) is 33.8 Å². The Kier molecular flexibility index (Phi) is 5.51. The Morgan fingerprint density at radius 2 is 1.59 bits per heavy atom. The van der Waals surface area contributed by atoms with E-state index in [1.807, 2.05) is 37.5 Å². The van der Waals surface area contributed by atoms with Crippen molar-refractivity contribution in [3.05, 3.63) is 107 Å². The molecule has 0 aliphatic carbocycles. The lowest BCUT2D eigenvalue weighted by Gasteiger charge is -2.09. The highest BCUT2D eigenvalue weighted by atomic mass is 19.1. The first kappa shape index (κ1) is 21.3. The number of halogens is 2. The molecule has 0 atom stereocenters. The molecular formula is C25H18F2N6O. The Morgan fingerprint density at radius 3 is 2.29 bits per heavy atom. The van der Waals surface area contributed by atoms with Gasteiger partial charge in [-0.1, -0.05) is 18.2 Å². The highest BCUT2D eigenvalue weighted by Crippen LogP contribution is 2.22. The lowest BCUT2D eigenvalue weighted by atomic mass is 10.1. The summed E-state index contributed by atoms with van der Waals surface area (Å²) in [6, 6.07) is 13.4. The van der Waals surface area contributed by atoms with Crippen molar-refractivity contribution in [2.75, 3.05) is 0 Å². The van der Waals surface area contributed by atoms with Crippen molar-refractivity contribution >= 4 is 0 Å². The monoisotopic (exact) mass is 456 g/mol. The van der Waals surface area contributed by atoms with Crippen LogP contribution in [0.4, 0.5) is 8.78 Å². The third-order valence-electron chi connectivity index (χ3n) is 5.23. The first-order valence-corrected chi connectivity index (χ1v) is 10.4. The molecule has 0 bridgehead atoms. The topological polar surface area (TPSA) is 78.5 Å². The van der Waals surface area contributed by atoms with Crippen molar-refractivity contribution in [1.82, 2.24) is 29.5 Å². The molecule has 0 aliphatic rings. The maximum atomic E-state index is 13.6. The quantitative estimate of drug-likeness (QED) is 0.398. The van der Waals surface area contributed by atoms with Crippen LogP contribution in [0, 0.1) is 11.6 Å². The van der Waals surface area contributed by atoms with Gasteiger partial charge in [0.15, 0.2) is 5.82 Å². The van der Waals surface area contributed by atoms with E-state index in [0.29, 0.717) is 11.5 Å². The number of benzene rings is 2. The van der Waals surface area contributed by atoms with Crippen LogP contribution in [-0.2, 0) is 13.6 Å². The van der Waals surface area contributed by atoms with Crippen LogP contribution in [0.1, 0.15) is 5.56 Å². The molecule has 7 nitrogen and oxygen atoms in total. The van der Waals surface area contributed by atoms with E-state index in [9.17, 15) is 13.6 Å². The van der Waals surface area contributed by atoms with Crippen molar-refractivity contribution in [2.24, 2.45) is 7.05 Å². The number of aryl methyl sites for hydroxylation is 1. The summed E-state index contributed by atoms with van der Waals surface area (Å²) in [6.07, 6.45) is 7.10. The molecule has 0 N–H and O–H groups in total. The van der Waals surface area contributed by atoms with E-state index >= 15 is 0 Å². The standard InChI is InChI=1S/C25H18F2N6O/c1-32-15-20(13-30-32)19-11-28-25(29-12-19)17-4-2-3-16(7-17)14-33-24(34)6-5-23(31-33)18-8-21(26)10-22(27)9-18/h2-13,15H,14H2,1H3. The maximum Gasteiger partial charge on any atom is 0.267 e. The molecule has 0 saturated carbocycles. The van der Waals surface area contributed by atoms with E-state index in [1.165, 1.54) is 28.9 Å². The molecule has 9 heteroatoms. The number of hydrogen-bond acceptors (Lipinski definition) is 5. The number of nitrogens with zero attached hydrogens (tertiary/aromatic N) is 6. The average molecular weight is 456 g/mol. The van der Waals surface area contributed by atoms with Crippen LogP contribution in [0.15, 0.2) is 84.2 Å². The minimum Gasteiger partial charge on any atom is -0.275 e. The smallest absolute Gasteiger partial charge is 0.267 e. The van der Waals surface area contributed by atoms with Gasteiger partial charge in [-0.05, 0) is 29.8 Å². The summed E-state index contributed by atoms with van der Waals surface area (Å²) in [5, 5.41) is 8.46. The van der Waals surface area contributed by atoms with Gasteiger partial charge in [0.1, 0.15) is 11.6 Å². The van der Waals surface area contributed by atoms with Gasteiger partial charge in [0.05, 0.1) is 18.4 Å². The van der Waals surface area contributed by atoms with Gasteiger partial charge in [-0.2, -0.15) is 10.2 Å². The Bertz CT molecular complexity index is 1520. The van der Waals surface area contributed by atoms with Crippen molar-refractivity contribution in [1.29, 1.82) is 0 Å². The van der Waals surface area contributed by atoms with Gasteiger partial charge in [-0.3, -0.25) is 9.48 Å². The summed E-state index contributed by atoms with van der Waals surface area (Å²) in [7, 11) is 1.84. The Balaban J connectivity index is 1.41. The largest absolute Gasteiger partial charge is 0.275 e. The minimum absolute atomic E-state index is 0.173. The van der Waals surface area contributed by atoms with Gasteiger partial charge < -0.3 is 0 Å². The summed E-state index contributed by atoms with van der Waals surface area (Å²) in [5.41, 5.74) is 3.58. The van der Waals surface area contributed by atoms with E-state index in [4.69, 9.17) is 0 Å². The van der Waals surface area contributed by atoms with Gasteiger partial charge in [-0.15, -0.1) is 0 Å². The van der Waals surface area contributed by atoms with Gasteiger partial charge in [0, 0.05) is 60.0 Å². The Labute approximate surface area is 193 Å². The predicted molar refractivity (Wildman–Crippen MR) is 123 cm³/mol. The van der Waals surface area contributed by atoms with Crippen LogP contribution in [0.3, 0.4) is 0 Å². The summed E-state index contributed by atoms with van der Waals surface area (Å²) < 4.78 is 30.2. The molecule has 0 radical (unpaired) electrons. The number of rotatable bonds is 5. The zero-order valence-electron chi connectivity index (χ0n) is 18.1. The van der Waals surface area contributed by atoms with Crippen LogP contribution < -0.4 is 5.56 Å². The third kappa shape index (κ3) is 4.49. The fourth-order valence-corrected chi connectivity index (χ4v) is 3.60. The molecule has 3 aromatic heterocycles. The molecule has 5 rings (SSSR count). The van der Waals surface area contributed by atoms with Crippen LogP contribution in [0.25, 0.3) is 33.8 Å². The van der Waals surface area contributed by atoms with Crippen LogP contribution >= 0.6 is 0 Å². The second-order valence-electron chi connectivity index (χ2n) is 7.77. The Hall–Kier alpha value is -4.53. The van der Waals surface area contributed by atoms with Gasteiger partial charge >= 0.3 is 0 Å². The van der Waals surface area contributed by atoms with Crippen molar-refractivity contribution in [2.45, 2.75) is 6.54 Å². The van der Waals surface area contributed by atoms with E-state index < -0.39 is 11.6 Å². The van der Waals surface area contributed by atoms with E-state index in [2.05, 4.69) is 20.2 Å². The summed E-state index contributed by atoms with van der Waals surface area (Å²) in [6.45, 7) is 0.173. The second kappa shape index (κ2) is 8.78. The molecule has 0 spiro atoms. The predicted octanol–water partition coefficient (Wildman–Crippen LogP) is 4.09. The molecule has 0 amide bonds. The molecule has 0 fully saturated rings. The third-order valence-corrected chi connectivity index (χ3v) is 5.23. The maximum absolute atomic E-state index is 13.6. The zero-order valence-corrected chi connectivity index (χ0v) is 18.1. The number of aromatic nitrogens is 6. The zero-order chi connectivity index (χ0) is 23.7. The van der Waals surface area contributed by atoms with Gasteiger partial charge in [-0.25, -0.2) is 23.4 Å². The van der Waals surface area contributed by atoms with Gasteiger partial charge in [0.25, 0.3) is 5.56 Å². The van der Waals surface area contributed by atoms with Gasteiger partial charge in [0.2, 0.25) is 0 Å². The molecule has 0 aliphatic heterocycles. The molecule has 5 aromatic rings. The minimum atomic E-state index is -0.711. The first-order chi connectivity index (χ1) is 16.4. The van der Waals surface area contributed by atoms with E-state index in [-0.39, 0.29) is 17.7 Å². The Morgan fingerprint density at radius 1 is 0.824 bits per heavy atom. The van der Waals surface area contributed by atoms with E-state index in [1.54, 1.807) is 23.3 Å². The fourth-order valence-electron chi connectivity index (χ4n) is 3.60. The highest BCUT2D eigenvalue weighted by molar-refractivity contribution is 5.63. The van der Waals surface area contributed by atoms with Crippen molar-refractivity contribution in [3.63, 3.8) is 0 Å². The van der Waals surface area contributed by atoms with Crippen LogP contribution in [0.5, 0.6) is 0 Å². The molecular weight excluding hydrogens is 438 g/mol. The molecule has 168 valence electrons. The lowest BCUT2D eigenvalue weighted by Crippen LogP contribution is -2.22. The lowest BCUT2D eigenvalue weighted by molar-refractivity contribution is 0.583. The highest BCUT2D eigenvalue weighted by Gasteiger charge is 2.09. The average Bonchev–Trinajstić information content (AvgIpc) is 3.26. The molecule has 0 unspecified atom stereocenters. The summed E-state index contributed by atoms with van der Waals surface area (Å²) in [4.78, 5) is 21.3. The van der Waals surface area contributed by atoms with Crippen LogP contribution in [-0.4, -0.2) is 29.5 Å². The number of hydrogen-bond donors (Lipinski definition) is 0. The summed E-state index contributed by atoms with van der Waals surface area (Å²) >= 11 is 0. The fraction of sp³-hybridized carbons (Fsp3) is 0.0800. The normalized spacial score (nSPS) is 11.0. The van der Waals surface area contributed by atoms with Crippen LogP contribution in [0.2, 0.25) is 0 Å². The van der Waals surface area contributed by atoms with Crippen molar-refractivity contribution < 1.29 is 8.78 Å².